The van der Waals surface area contributed by atoms with Crippen LogP contribution in [0.2, 0.25) is 0 Å². The number of aromatic nitrogens is 4. The number of benzene rings is 2. The van der Waals surface area contributed by atoms with Crippen molar-refractivity contribution in [1.29, 1.82) is 0 Å². The molecule has 2 aliphatic rings. The second-order valence-electron chi connectivity index (χ2n) is 8.95. The molecule has 172 valence electrons. The Kier molecular flexibility index (Phi) is 4.91. The van der Waals surface area contributed by atoms with Gasteiger partial charge in [-0.2, -0.15) is 5.10 Å². The van der Waals surface area contributed by atoms with E-state index in [0.29, 0.717) is 12.6 Å². The Labute approximate surface area is 196 Å². The highest BCUT2D eigenvalue weighted by atomic mass is 16.5. The molecule has 34 heavy (non-hydrogen) atoms. The van der Waals surface area contributed by atoms with E-state index >= 15 is 0 Å². The van der Waals surface area contributed by atoms with Gasteiger partial charge in [0, 0.05) is 54.6 Å². The molecule has 2 aromatic heterocycles. The van der Waals surface area contributed by atoms with Crippen molar-refractivity contribution in [2.24, 2.45) is 0 Å². The minimum Gasteiger partial charge on any atom is -0.467 e. The lowest BCUT2D eigenvalue weighted by Crippen LogP contribution is -2.48. The van der Waals surface area contributed by atoms with Crippen molar-refractivity contribution in [2.75, 3.05) is 32.6 Å². The largest absolute Gasteiger partial charge is 0.467 e. The number of carbonyl (C=O) groups is 1. The predicted molar refractivity (Wildman–Crippen MR) is 129 cm³/mol. The average molecular weight is 456 g/mol. The van der Waals surface area contributed by atoms with Crippen LogP contribution >= 0.6 is 0 Å². The maximum atomic E-state index is 13.2. The lowest BCUT2D eigenvalue weighted by molar-refractivity contribution is 0.177. The number of rotatable bonds is 4. The van der Waals surface area contributed by atoms with Gasteiger partial charge in [0.05, 0.1) is 18.7 Å². The maximum absolute atomic E-state index is 13.2. The number of methoxy groups -OCH3 is 1. The summed E-state index contributed by atoms with van der Waals surface area (Å²) < 4.78 is 5.07. The third kappa shape index (κ3) is 3.45. The van der Waals surface area contributed by atoms with E-state index in [4.69, 9.17) is 4.74 Å². The van der Waals surface area contributed by atoms with Gasteiger partial charge in [0.25, 0.3) is 0 Å². The number of nitrogens with zero attached hydrogens (tertiary/aromatic N) is 5. The minimum atomic E-state index is -0.0589. The summed E-state index contributed by atoms with van der Waals surface area (Å²) in [5.41, 5.74) is 5.56. The first-order valence-corrected chi connectivity index (χ1v) is 11.3. The van der Waals surface area contributed by atoms with Crippen molar-refractivity contribution in [2.45, 2.75) is 18.5 Å². The maximum Gasteiger partial charge on any atom is 0.322 e. The van der Waals surface area contributed by atoms with Crippen molar-refractivity contribution in [1.82, 2.24) is 30.0 Å². The van der Waals surface area contributed by atoms with E-state index in [9.17, 15) is 4.79 Å². The van der Waals surface area contributed by atoms with Gasteiger partial charge in [-0.25, -0.2) is 14.8 Å². The van der Waals surface area contributed by atoms with Gasteiger partial charge in [0.2, 0.25) is 0 Å². The molecule has 0 saturated carbocycles. The van der Waals surface area contributed by atoms with Crippen LogP contribution in [0.5, 0.6) is 6.01 Å². The van der Waals surface area contributed by atoms with E-state index in [1.54, 1.807) is 12.4 Å². The van der Waals surface area contributed by atoms with Crippen LogP contribution in [-0.4, -0.2) is 69.3 Å². The number of likely N-dealkylation sites (N-methyl/N-ethyl adjacent to an activating group) is 1. The zero-order valence-electron chi connectivity index (χ0n) is 19.0. The van der Waals surface area contributed by atoms with Crippen molar-refractivity contribution in [3.63, 3.8) is 0 Å². The van der Waals surface area contributed by atoms with Crippen molar-refractivity contribution in [3.05, 3.63) is 66.0 Å². The van der Waals surface area contributed by atoms with E-state index in [2.05, 4.69) is 67.8 Å². The Morgan fingerprint density at radius 2 is 1.88 bits per heavy atom. The molecule has 0 bridgehead atoms. The Morgan fingerprint density at radius 3 is 2.65 bits per heavy atom. The highest BCUT2D eigenvalue weighted by Gasteiger charge is 2.40. The number of hydrogen-bond donors (Lipinski definition) is 2. The number of urea groups is 1. The molecule has 2 amide bonds. The Morgan fingerprint density at radius 1 is 1.09 bits per heavy atom. The summed E-state index contributed by atoms with van der Waals surface area (Å²) in [6.07, 6.45) is 3.40. The average Bonchev–Trinajstić information content (AvgIpc) is 3.46. The minimum absolute atomic E-state index is 0.0589. The molecule has 4 heterocycles. The first kappa shape index (κ1) is 20.6. The van der Waals surface area contributed by atoms with Gasteiger partial charge in [-0.1, -0.05) is 30.3 Å². The van der Waals surface area contributed by atoms with Gasteiger partial charge in [-0.15, -0.1) is 0 Å². The zero-order chi connectivity index (χ0) is 23.2. The van der Waals surface area contributed by atoms with Crippen molar-refractivity contribution in [3.8, 4) is 17.3 Å². The molecule has 0 unspecified atom stereocenters. The normalized spacial score (nSPS) is 20.4. The smallest absolute Gasteiger partial charge is 0.322 e. The first-order chi connectivity index (χ1) is 16.6. The molecule has 2 aromatic carbocycles. The molecule has 0 aliphatic carbocycles. The Bertz CT molecular complexity index is 1350. The van der Waals surface area contributed by atoms with Gasteiger partial charge in [-0.05, 0) is 30.3 Å². The van der Waals surface area contributed by atoms with E-state index in [-0.39, 0.29) is 18.0 Å². The summed E-state index contributed by atoms with van der Waals surface area (Å²) in [5, 5.41) is 11.6. The molecule has 9 heteroatoms. The summed E-state index contributed by atoms with van der Waals surface area (Å²) in [5.74, 6) is 0.267. The molecule has 2 atom stereocenters. The quantitative estimate of drug-likeness (QED) is 0.489. The van der Waals surface area contributed by atoms with Crippen LogP contribution in [0.4, 0.5) is 10.5 Å². The molecule has 1 saturated heterocycles. The summed E-state index contributed by atoms with van der Waals surface area (Å²) in [7, 11) is 3.65. The highest BCUT2D eigenvalue weighted by Crippen LogP contribution is 2.37. The zero-order valence-corrected chi connectivity index (χ0v) is 19.0. The first-order valence-electron chi connectivity index (χ1n) is 11.3. The van der Waals surface area contributed by atoms with Gasteiger partial charge in [-0.3, -0.25) is 5.10 Å². The summed E-state index contributed by atoms with van der Waals surface area (Å²) in [6, 6.07) is 14.9. The SMILES string of the molecule is COc1ncc(-c2n[nH]c3cc4c(cc23)CN([C@@H]2CN(C)C[C@H]2c2ccccc2)C(=O)N4)cn1. The molecule has 4 aromatic rings. The van der Waals surface area contributed by atoms with Crippen LogP contribution < -0.4 is 10.1 Å². The fraction of sp³-hybridized carbons (Fsp3) is 0.280. The molecule has 9 nitrogen and oxygen atoms in total. The number of amides is 2. The summed E-state index contributed by atoms with van der Waals surface area (Å²) >= 11 is 0. The van der Waals surface area contributed by atoms with Crippen LogP contribution in [-0.2, 0) is 6.54 Å². The van der Waals surface area contributed by atoms with E-state index in [1.165, 1.54) is 12.7 Å². The topological polar surface area (TPSA) is 99.3 Å². The molecular formula is C25H25N7O2. The van der Waals surface area contributed by atoms with Gasteiger partial charge in [0.1, 0.15) is 5.69 Å². The lowest BCUT2D eigenvalue weighted by Gasteiger charge is -2.36. The fourth-order valence-electron chi connectivity index (χ4n) is 5.15. The van der Waals surface area contributed by atoms with Crippen LogP contribution in [0.3, 0.4) is 0 Å². The third-order valence-corrected chi connectivity index (χ3v) is 6.81. The van der Waals surface area contributed by atoms with Gasteiger partial charge >= 0.3 is 12.0 Å². The number of fused-ring (bicyclic) bond motifs is 2. The number of carbonyl (C=O) groups excluding carboxylic acids is 1. The lowest BCUT2D eigenvalue weighted by atomic mass is 9.92. The molecule has 0 radical (unpaired) electrons. The van der Waals surface area contributed by atoms with Crippen LogP contribution in [0, 0.1) is 0 Å². The Hall–Kier alpha value is -3.98. The second kappa shape index (κ2) is 8.11. The predicted octanol–water partition coefficient (Wildman–Crippen LogP) is 3.47. The molecule has 6 rings (SSSR count). The van der Waals surface area contributed by atoms with E-state index in [1.807, 2.05) is 17.0 Å². The number of ether oxygens (including phenoxy) is 1. The molecule has 2 aliphatic heterocycles. The highest BCUT2D eigenvalue weighted by molar-refractivity contribution is 6.00. The summed E-state index contributed by atoms with van der Waals surface area (Å²) in [6.45, 7) is 2.31. The molecule has 1 fully saturated rings. The van der Waals surface area contributed by atoms with Gasteiger partial charge < -0.3 is 19.9 Å². The van der Waals surface area contributed by atoms with Crippen LogP contribution in [0.15, 0.2) is 54.9 Å². The molecule has 2 N–H and O–H groups in total. The number of anilines is 1. The fourth-order valence-corrected chi connectivity index (χ4v) is 5.15. The van der Waals surface area contributed by atoms with Crippen LogP contribution in [0.1, 0.15) is 17.0 Å². The number of aromatic amines is 1. The Balaban J connectivity index is 1.35. The number of nitrogens with one attached hydrogen (secondary N) is 2. The molecular weight excluding hydrogens is 430 g/mol. The second-order valence-corrected chi connectivity index (χ2v) is 8.95. The third-order valence-electron chi connectivity index (χ3n) is 6.81. The number of H-pyrrole nitrogens is 1. The van der Waals surface area contributed by atoms with E-state index < -0.39 is 0 Å². The van der Waals surface area contributed by atoms with Crippen molar-refractivity contribution >= 4 is 22.6 Å². The summed E-state index contributed by atoms with van der Waals surface area (Å²) in [4.78, 5) is 25.9. The standard InChI is InChI=1S/C25H25N7O2/c1-31-13-19(15-6-4-3-5-7-15)22(14-31)32-12-16-8-18-21(9-20(16)28-25(32)33)29-30-23(18)17-10-26-24(34-2)27-11-17/h3-11,19,22H,12-14H2,1-2H3,(H,28,33)(H,29,30)/t19-,22+/m0/s1. The monoisotopic (exact) mass is 455 g/mol. The van der Waals surface area contributed by atoms with Crippen LogP contribution in [0.25, 0.3) is 22.2 Å². The molecule has 0 spiro atoms. The number of likely N-dealkylation sites (tertiary alicyclic amines) is 1. The van der Waals surface area contributed by atoms with Crippen molar-refractivity contribution < 1.29 is 9.53 Å². The van der Waals surface area contributed by atoms with E-state index in [0.717, 1.165) is 46.5 Å². The number of hydrogen-bond acceptors (Lipinski definition) is 6. The van der Waals surface area contributed by atoms with Gasteiger partial charge in [0.15, 0.2) is 0 Å².